The lowest BCUT2D eigenvalue weighted by molar-refractivity contribution is -0.142. The van der Waals surface area contributed by atoms with Gasteiger partial charge in [0.15, 0.2) is 11.6 Å². The molecule has 0 spiro atoms. The van der Waals surface area contributed by atoms with Crippen molar-refractivity contribution in [3.63, 3.8) is 0 Å². The number of nitrogens with one attached hydrogen (secondary N) is 3. The molecule has 1 saturated heterocycles. The summed E-state index contributed by atoms with van der Waals surface area (Å²) in [4.78, 5) is 60.0. The van der Waals surface area contributed by atoms with E-state index in [4.69, 9.17) is 14.2 Å². The first kappa shape index (κ1) is 39.0. The van der Waals surface area contributed by atoms with Gasteiger partial charge in [-0.3, -0.25) is 19.1 Å². The van der Waals surface area contributed by atoms with Crippen molar-refractivity contribution in [3.8, 4) is 17.4 Å². The lowest BCUT2D eigenvalue weighted by atomic mass is 9.88. The molecule has 0 radical (unpaired) electrons. The molecule has 2 saturated carbocycles. The van der Waals surface area contributed by atoms with Gasteiger partial charge in [0, 0.05) is 17.7 Å². The zero-order chi connectivity index (χ0) is 39.2. The van der Waals surface area contributed by atoms with Gasteiger partial charge in [0.2, 0.25) is 27.7 Å². The Morgan fingerprint density at radius 1 is 1.11 bits per heavy atom. The third-order valence-corrected chi connectivity index (χ3v) is 13.2. The fourth-order valence-electron chi connectivity index (χ4n) is 7.65. The molecule has 6 rings (SSSR count). The highest BCUT2D eigenvalue weighted by Crippen LogP contribution is 2.48. The number of methoxy groups -OCH3 is 2. The summed E-state index contributed by atoms with van der Waals surface area (Å²) >= 11 is 0. The van der Waals surface area contributed by atoms with E-state index in [1.54, 1.807) is 13.0 Å². The number of nitrogens with zero attached hydrogens (tertiary/aromatic N) is 2. The van der Waals surface area contributed by atoms with Gasteiger partial charge >= 0.3 is 6.09 Å². The number of ether oxygens (including phenoxy) is 3. The first-order valence-corrected chi connectivity index (χ1v) is 19.3. The van der Waals surface area contributed by atoms with Gasteiger partial charge in [-0.05, 0) is 62.5 Å². The Hall–Kier alpha value is -4.74. The maximum atomic E-state index is 15.0. The SMILES string of the molecule is COc1cc2c(OC)cnc(O[C@@H]3C[C@H]4C(=O)N[C@]5(C(=O)NS(=O)(=O)C6(CF)CC6)C[C@H]5/C=C\CC[C@@H](C)C[C@@H](C)[C@H](NC(=O)O)C(=O)N4C3)c2cc1F. The van der Waals surface area contributed by atoms with Gasteiger partial charge in [-0.1, -0.05) is 26.0 Å². The summed E-state index contributed by atoms with van der Waals surface area (Å²) in [5.41, 5.74) is -1.72. The molecule has 2 aliphatic heterocycles. The molecule has 3 fully saturated rings. The van der Waals surface area contributed by atoms with Gasteiger partial charge in [0.05, 0.1) is 32.3 Å². The van der Waals surface area contributed by atoms with Crippen molar-refractivity contribution in [3.05, 3.63) is 36.3 Å². The van der Waals surface area contributed by atoms with Crippen LogP contribution in [0.1, 0.15) is 58.8 Å². The maximum absolute atomic E-state index is 15.0. The van der Waals surface area contributed by atoms with Crippen molar-refractivity contribution in [2.24, 2.45) is 17.8 Å². The van der Waals surface area contributed by atoms with Crippen LogP contribution in [0, 0.1) is 23.6 Å². The Balaban J connectivity index is 1.36. The van der Waals surface area contributed by atoms with Crippen molar-refractivity contribution in [1.82, 2.24) is 25.2 Å². The second-order valence-electron chi connectivity index (χ2n) is 14.9. The van der Waals surface area contributed by atoms with E-state index < -0.39 is 86.6 Å². The molecule has 18 heteroatoms. The smallest absolute Gasteiger partial charge is 0.405 e. The normalized spacial score (nSPS) is 30.1. The molecule has 294 valence electrons. The summed E-state index contributed by atoms with van der Waals surface area (Å²) in [6.45, 7) is 2.33. The summed E-state index contributed by atoms with van der Waals surface area (Å²) in [5.74, 6) is -4.07. The Kier molecular flexibility index (Phi) is 10.7. The number of sulfonamides is 1. The summed E-state index contributed by atoms with van der Waals surface area (Å²) in [5, 5.41) is 15.4. The van der Waals surface area contributed by atoms with Crippen LogP contribution in [0.5, 0.6) is 17.4 Å². The van der Waals surface area contributed by atoms with Crippen molar-refractivity contribution in [2.45, 2.75) is 87.3 Å². The Labute approximate surface area is 311 Å². The molecule has 4 aliphatic rings. The highest BCUT2D eigenvalue weighted by Gasteiger charge is 2.64. The number of hydrogen-bond acceptors (Lipinski definition) is 10. The highest BCUT2D eigenvalue weighted by atomic mass is 32.2. The molecule has 1 aromatic heterocycles. The first-order chi connectivity index (χ1) is 25.6. The van der Waals surface area contributed by atoms with Gasteiger partial charge in [0.1, 0.15) is 40.9 Å². The molecule has 15 nitrogen and oxygen atoms in total. The van der Waals surface area contributed by atoms with Crippen LogP contribution in [0.15, 0.2) is 30.5 Å². The minimum Gasteiger partial charge on any atom is -0.494 e. The molecule has 3 heterocycles. The largest absolute Gasteiger partial charge is 0.494 e. The van der Waals surface area contributed by atoms with E-state index in [0.29, 0.717) is 30.4 Å². The minimum atomic E-state index is -4.42. The molecule has 0 bridgehead atoms. The number of benzene rings is 1. The van der Waals surface area contributed by atoms with Crippen LogP contribution in [0.4, 0.5) is 13.6 Å². The van der Waals surface area contributed by atoms with E-state index >= 15 is 0 Å². The number of rotatable bonds is 9. The molecule has 4 N–H and O–H groups in total. The second-order valence-corrected chi connectivity index (χ2v) is 17.0. The summed E-state index contributed by atoms with van der Waals surface area (Å²) < 4.78 is 72.0. The number of carbonyl (C=O) groups excluding carboxylic acids is 3. The zero-order valence-corrected chi connectivity index (χ0v) is 31.2. The average molecular weight is 778 g/mol. The molecular formula is C36H45F2N5O10S. The fraction of sp³-hybridized carbons (Fsp3) is 0.583. The lowest BCUT2D eigenvalue weighted by Crippen LogP contribution is -2.59. The van der Waals surface area contributed by atoms with Crippen LogP contribution >= 0.6 is 0 Å². The van der Waals surface area contributed by atoms with Gasteiger partial charge in [-0.15, -0.1) is 0 Å². The molecule has 2 aromatic rings. The standard InChI is InChI=1S/C36H45F2N5O10S/c1-19-7-5-6-8-21-15-36(21,33(46)42-54(49,50)35(18-37)9-10-35)41-30(44)26-12-22(17-43(26)32(45)29(20(2)11-19)40-34(47)48)53-31-24-13-25(38)27(51-3)14-23(24)28(52-4)16-39-31/h6,8,13-14,16,19-22,26,29,40H,5,7,9-12,15,17-18H2,1-4H3,(H,41,44)(H,42,46)(H,47,48)/b8-6-/t19-,20-,21-,22-,26+,29+,36-/m1/s1. The topological polar surface area (TPSA) is 203 Å². The number of allylic oxidation sites excluding steroid dienone is 1. The molecule has 7 atom stereocenters. The number of halogens is 2. The average Bonchev–Trinajstić information content (AvgIpc) is 4.03. The van der Waals surface area contributed by atoms with Crippen molar-refractivity contribution in [1.29, 1.82) is 0 Å². The molecule has 2 aliphatic carbocycles. The number of carbonyl (C=O) groups is 4. The monoisotopic (exact) mass is 777 g/mol. The Morgan fingerprint density at radius 2 is 1.83 bits per heavy atom. The van der Waals surface area contributed by atoms with Crippen LogP contribution in [0.2, 0.25) is 0 Å². The number of amides is 4. The molecular weight excluding hydrogens is 732 g/mol. The van der Waals surface area contributed by atoms with Crippen molar-refractivity contribution in [2.75, 3.05) is 27.4 Å². The number of hydrogen-bond donors (Lipinski definition) is 4. The number of aromatic nitrogens is 1. The van der Waals surface area contributed by atoms with Crippen LogP contribution < -0.4 is 29.6 Å². The minimum absolute atomic E-state index is 0.0364. The third-order valence-electron chi connectivity index (χ3n) is 11.1. The van der Waals surface area contributed by atoms with E-state index in [0.717, 1.165) is 6.07 Å². The van der Waals surface area contributed by atoms with Gasteiger partial charge < -0.3 is 34.9 Å². The number of carboxylic acid groups (broad SMARTS) is 1. The first-order valence-electron chi connectivity index (χ1n) is 17.9. The summed E-state index contributed by atoms with van der Waals surface area (Å²) in [6.07, 6.45) is 4.29. The third kappa shape index (κ3) is 7.36. The predicted octanol–water partition coefficient (Wildman–Crippen LogP) is 3.21. The van der Waals surface area contributed by atoms with E-state index in [-0.39, 0.29) is 55.2 Å². The fourth-order valence-corrected chi connectivity index (χ4v) is 9.07. The van der Waals surface area contributed by atoms with Crippen LogP contribution in [-0.4, -0.2) is 103 Å². The lowest BCUT2D eigenvalue weighted by Gasteiger charge is -2.32. The van der Waals surface area contributed by atoms with E-state index in [2.05, 4.69) is 15.6 Å². The number of pyridine rings is 1. The molecule has 0 unspecified atom stereocenters. The van der Waals surface area contributed by atoms with Crippen molar-refractivity contribution >= 4 is 44.6 Å². The molecule has 54 heavy (non-hydrogen) atoms. The number of fused-ring (bicyclic) bond motifs is 3. The second kappa shape index (κ2) is 14.8. The maximum Gasteiger partial charge on any atom is 0.405 e. The Morgan fingerprint density at radius 3 is 2.48 bits per heavy atom. The van der Waals surface area contributed by atoms with E-state index in [1.807, 2.05) is 17.7 Å². The van der Waals surface area contributed by atoms with Gasteiger partial charge in [-0.25, -0.2) is 27.0 Å². The van der Waals surface area contributed by atoms with Crippen molar-refractivity contribution < 1.29 is 55.7 Å². The zero-order valence-electron chi connectivity index (χ0n) is 30.4. The van der Waals surface area contributed by atoms with Crippen LogP contribution in [0.3, 0.4) is 0 Å². The van der Waals surface area contributed by atoms with E-state index in [9.17, 15) is 41.5 Å². The van der Waals surface area contributed by atoms with E-state index in [1.165, 1.54) is 31.4 Å². The quantitative estimate of drug-likeness (QED) is 0.273. The summed E-state index contributed by atoms with van der Waals surface area (Å²) in [6, 6.07) is 0.00531. The summed E-state index contributed by atoms with van der Waals surface area (Å²) in [7, 11) is -1.70. The van der Waals surface area contributed by atoms with Gasteiger partial charge in [-0.2, -0.15) is 0 Å². The van der Waals surface area contributed by atoms with Gasteiger partial charge in [0.25, 0.3) is 5.91 Å². The predicted molar refractivity (Wildman–Crippen MR) is 190 cm³/mol. The molecule has 4 amide bonds. The van der Waals surface area contributed by atoms with Crippen LogP contribution in [0.25, 0.3) is 10.8 Å². The Bertz CT molecular complexity index is 1980. The van der Waals surface area contributed by atoms with Crippen LogP contribution in [-0.2, 0) is 24.4 Å². The number of alkyl halides is 1. The molecule has 1 aromatic carbocycles. The highest BCUT2D eigenvalue weighted by molar-refractivity contribution is 7.91.